The van der Waals surface area contributed by atoms with E-state index in [1.165, 1.54) is 11.3 Å². The number of hydrogen-bond donors (Lipinski definition) is 0. The minimum Gasteiger partial charge on any atom is -0.494 e. The number of methoxy groups -OCH3 is 1. The van der Waals surface area contributed by atoms with Crippen LogP contribution in [0.3, 0.4) is 0 Å². The van der Waals surface area contributed by atoms with Gasteiger partial charge in [-0.1, -0.05) is 41.7 Å². The summed E-state index contributed by atoms with van der Waals surface area (Å²) in [4.78, 5) is 24.0. The van der Waals surface area contributed by atoms with Crippen LogP contribution in [-0.4, -0.2) is 29.6 Å². The van der Waals surface area contributed by atoms with E-state index < -0.39 is 0 Å². The molecule has 0 saturated carbocycles. The Bertz CT molecular complexity index is 1160. The van der Waals surface area contributed by atoms with Crippen LogP contribution in [0.25, 0.3) is 10.2 Å². The molecule has 0 aliphatic carbocycles. The molecule has 0 aliphatic rings. The fraction of sp³-hybridized carbons (Fsp3) is 0.208. The summed E-state index contributed by atoms with van der Waals surface area (Å²) in [5.74, 6) is 1.37. The second-order valence-corrected chi connectivity index (χ2v) is 7.95. The lowest BCUT2D eigenvalue weighted by molar-refractivity contribution is -0.119. The van der Waals surface area contributed by atoms with Crippen molar-refractivity contribution >= 4 is 32.6 Å². The summed E-state index contributed by atoms with van der Waals surface area (Å²) in [6, 6.07) is 19.1. The number of pyridine rings is 1. The third kappa shape index (κ3) is 4.83. The van der Waals surface area contributed by atoms with Gasteiger partial charge in [0.1, 0.15) is 17.0 Å². The summed E-state index contributed by atoms with van der Waals surface area (Å²) in [5.41, 5.74) is 2.65. The van der Waals surface area contributed by atoms with Gasteiger partial charge in [0.25, 0.3) is 0 Å². The van der Waals surface area contributed by atoms with E-state index in [-0.39, 0.29) is 18.9 Å². The van der Waals surface area contributed by atoms with Crippen molar-refractivity contribution in [3.8, 4) is 11.5 Å². The number of thiazole rings is 1. The lowest BCUT2D eigenvalue weighted by Gasteiger charge is -2.19. The highest BCUT2D eigenvalue weighted by molar-refractivity contribution is 7.22. The summed E-state index contributed by atoms with van der Waals surface area (Å²) < 4.78 is 12.2. The predicted molar refractivity (Wildman–Crippen MR) is 123 cm³/mol. The Labute approximate surface area is 185 Å². The van der Waals surface area contributed by atoms with Crippen molar-refractivity contribution in [1.29, 1.82) is 0 Å². The highest BCUT2D eigenvalue weighted by Crippen LogP contribution is 2.37. The molecular weight excluding hydrogens is 410 g/mol. The van der Waals surface area contributed by atoms with E-state index in [1.54, 1.807) is 18.2 Å². The van der Waals surface area contributed by atoms with E-state index in [4.69, 9.17) is 14.5 Å². The van der Waals surface area contributed by atoms with Crippen LogP contribution in [0.4, 0.5) is 5.13 Å². The number of ether oxygens (including phenoxy) is 2. The summed E-state index contributed by atoms with van der Waals surface area (Å²) in [7, 11) is 1.63. The van der Waals surface area contributed by atoms with E-state index in [0.29, 0.717) is 17.4 Å². The Balaban J connectivity index is 1.60. The molecule has 2 aromatic heterocycles. The fourth-order valence-corrected chi connectivity index (χ4v) is 4.27. The molecule has 4 aromatic rings. The maximum atomic E-state index is 13.2. The number of aromatic nitrogens is 2. The maximum Gasteiger partial charge on any atom is 0.232 e. The Kier molecular flexibility index (Phi) is 6.43. The van der Waals surface area contributed by atoms with E-state index in [0.717, 1.165) is 27.2 Å². The standard InChI is InChI=1S/C24H23N3O3S/c1-17-11-12-20(29-2)22-23(17)31-24(26-22)27(16-18-8-6-7-14-25-18)21(28)13-15-30-19-9-4-3-5-10-19/h3-12,14H,13,15-16H2,1-2H3. The van der Waals surface area contributed by atoms with Gasteiger partial charge >= 0.3 is 0 Å². The lowest BCUT2D eigenvalue weighted by atomic mass is 10.2. The third-order valence-corrected chi connectivity index (χ3v) is 6.03. The number of benzene rings is 2. The number of amides is 1. The van der Waals surface area contributed by atoms with E-state index in [1.807, 2.05) is 67.6 Å². The molecule has 31 heavy (non-hydrogen) atoms. The number of nitrogens with zero attached hydrogens (tertiary/aromatic N) is 3. The summed E-state index contributed by atoms with van der Waals surface area (Å²) in [6.45, 7) is 2.66. The molecule has 0 N–H and O–H groups in total. The van der Waals surface area contributed by atoms with Crippen LogP contribution in [0.5, 0.6) is 11.5 Å². The number of carbonyl (C=O) groups is 1. The van der Waals surface area contributed by atoms with Gasteiger partial charge in [-0.2, -0.15) is 0 Å². The molecule has 158 valence electrons. The Morgan fingerprint density at radius 2 is 1.87 bits per heavy atom. The van der Waals surface area contributed by atoms with Gasteiger partial charge in [0.2, 0.25) is 5.91 Å². The first-order valence-electron chi connectivity index (χ1n) is 9.98. The first-order valence-corrected chi connectivity index (χ1v) is 10.8. The van der Waals surface area contributed by atoms with Crippen LogP contribution in [-0.2, 0) is 11.3 Å². The number of hydrogen-bond acceptors (Lipinski definition) is 6. The van der Waals surface area contributed by atoms with Crippen molar-refractivity contribution in [2.45, 2.75) is 19.9 Å². The van der Waals surface area contributed by atoms with Crippen LogP contribution < -0.4 is 14.4 Å². The Morgan fingerprint density at radius 1 is 1.06 bits per heavy atom. The predicted octanol–water partition coefficient (Wildman–Crippen LogP) is 5.01. The molecule has 0 fully saturated rings. The minimum atomic E-state index is -0.0720. The van der Waals surface area contributed by atoms with E-state index in [2.05, 4.69) is 4.98 Å². The average Bonchev–Trinajstić information content (AvgIpc) is 3.25. The van der Waals surface area contributed by atoms with E-state index >= 15 is 0 Å². The van der Waals surface area contributed by atoms with Gasteiger partial charge in [0.05, 0.1) is 37.1 Å². The second-order valence-electron chi connectivity index (χ2n) is 6.97. The zero-order chi connectivity index (χ0) is 21.6. The van der Waals surface area contributed by atoms with Gasteiger partial charge in [-0.3, -0.25) is 14.7 Å². The van der Waals surface area contributed by atoms with Crippen molar-refractivity contribution in [3.05, 3.63) is 78.1 Å². The number of rotatable bonds is 8. The summed E-state index contributed by atoms with van der Waals surface area (Å²) >= 11 is 1.48. The van der Waals surface area contributed by atoms with Gasteiger partial charge < -0.3 is 9.47 Å². The number of fused-ring (bicyclic) bond motifs is 1. The zero-order valence-corrected chi connectivity index (χ0v) is 18.3. The molecule has 2 heterocycles. The summed E-state index contributed by atoms with van der Waals surface area (Å²) in [5, 5.41) is 0.623. The molecular formula is C24H23N3O3S. The minimum absolute atomic E-state index is 0.0720. The average molecular weight is 434 g/mol. The second kappa shape index (κ2) is 9.57. The molecule has 7 heteroatoms. The van der Waals surface area contributed by atoms with Gasteiger partial charge in [-0.15, -0.1) is 0 Å². The largest absolute Gasteiger partial charge is 0.494 e. The Hall–Kier alpha value is -3.45. The van der Waals surface area contributed by atoms with Gasteiger partial charge in [0.15, 0.2) is 5.13 Å². The molecule has 0 unspecified atom stereocenters. The van der Waals surface area contributed by atoms with Crippen molar-refractivity contribution in [3.63, 3.8) is 0 Å². The van der Waals surface area contributed by atoms with Crippen molar-refractivity contribution in [1.82, 2.24) is 9.97 Å². The fourth-order valence-electron chi connectivity index (χ4n) is 3.20. The van der Waals surface area contributed by atoms with Crippen molar-refractivity contribution in [2.75, 3.05) is 18.6 Å². The van der Waals surface area contributed by atoms with Crippen LogP contribution in [0.2, 0.25) is 0 Å². The lowest BCUT2D eigenvalue weighted by Crippen LogP contribution is -2.31. The van der Waals surface area contributed by atoms with Crippen molar-refractivity contribution in [2.24, 2.45) is 0 Å². The molecule has 0 radical (unpaired) electrons. The first-order chi connectivity index (χ1) is 15.2. The van der Waals surface area contributed by atoms with Gasteiger partial charge in [-0.25, -0.2) is 4.98 Å². The number of aryl methyl sites for hydroxylation is 1. The molecule has 0 bridgehead atoms. The molecule has 4 rings (SSSR count). The topological polar surface area (TPSA) is 64.5 Å². The SMILES string of the molecule is COc1ccc(C)c2sc(N(Cc3ccccn3)C(=O)CCOc3ccccc3)nc12. The van der Waals surface area contributed by atoms with Crippen LogP contribution in [0.15, 0.2) is 66.9 Å². The number of anilines is 1. The molecule has 6 nitrogen and oxygen atoms in total. The quantitative estimate of drug-likeness (QED) is 0.391. The smallest absolute Gasteiger partial charge is 0.232 e. The normalized spacial score (nSPS) is 10.8. The monoisotopic (exact) mass is 433 g/mol. The molecule has 0 saturated heterocycles. The molecule has 2 aromatic carbocycles. The Morgan fingerprint density at radius 3 is 2.61 bits per heavy atom. The van der Waals surface area contributed by atoms with E-state index in [9.17, 15) is 4.79 Å². The van der Waals surface area contributed by atoms with Crippen LogP contribution >= 0.6 is 11.3 Å². The zero-order valence-electron chi connectivity index (χ0n) is 17.4. The van der Waals surface area contributed by atoms with Crippen molar-refractivity contribution < 1.29 is 14.3 Å². The number of para-hydroxylation sites is 1. The van der Waals surface area contributed by atoms with Gasteiger partial charge in [-0.05, 0) is 42.8 Å². The molecule has 1 amide bonds. The van der Waals surface area contributed by atoms with Gasteiger partial charge in [0, 0.05) is 6.20 Å². The van der Waals surface area contributed by atoms with Crippen LogP contribution in [0.1, 0.15) is 17.7 Å². The highest BCUT2D eigenvalue weighted by Gasteiger charge is 2.22. The van der Waals surface area contributed by atoms with Crippen LogP contribution in [0, 0.1) is 6.92 Å². The first kappa shape index (κ1) is 20.8. The number of carbonyl (C=O) groups excluding carboxylic acids is 1. The maximum absolute atomic E-state index is 13.2. The third-order valence-electron chi connectivity index (χ3n) is 4.82. The molecule has 0 aliphatic heterocycles. The highest BCUT2D eigenvalue weighted by atomic mass is 32.1. The molecule has 0 atom stereocenters. The summed E-state index contributed by atoms with van der Waals surface area (Å²) in [6.07, 6.45) is 1.95. The molecule has 0 spiro atoms.